The van der Waals surface area contributed by atoms with Crippen molar-refractivity contribution in [3.8, 4) is 0 Å². The minimum Gasteiger partial charge on any atom is -0.387 e. The van der Waals surface area contributed by atoms with Crippen molar-refractivity contribution in [3.05, 3.63) is 0 Å². The second-order valence-electron chi connectivity index (χ2n) is 4.47. The van der Waals surface area contributed by atoms with Crippen molar-refractivity contribution in [2.24, 2.45) is 22.6 Å². The second-order valence-corrected chi connectivity index (χ2v) is 4.47. The summed E-state index contributed by atoms with van der Waals surface area (Å²) in [6.07, 6.45) is 1.28. The number of rotatable bonds is 4. The summed E-state index contributed by atoms with van der Waals surface area (Å²) >= 11 is 0. The lowest BCUT2D eigenvalue weighted by Gasteiger charge is -2.12. The lowest BCUT2D eigenvalue weighted by molar-refractivity contribution is 0.343. The molecule has 3 nitrogen and oxygen atoms in total. The molecule has 1 rings (SSSR count). The number of likely N-dealkylation sites (tertiary alicyclic amines) is 1. The monoisotopic (exact) mass is 197 g/mol. The molecule has 1 atom stereocenters. The lowest BCUT2D eigenvalue weighted by atomic mass is 10.1. The molecule has 0 aliphatic carbocycles. The molecular weight excluding hydrogens is 174 g/mol. The Morgan fingerprint density at radius 2 is 2.29 bits per heavy atom. The molecule has 1 aliphatic rings. The zero-order valence-corrected chi connectivity index (χ0v) is 9.66. The maximum absolute atomic E-state index is 5.80. The van der Waals surface area contributed by atoms with Gasteiger partial charge in [0.25, 0.3) is 0 Å². The third-order valence-corrected chi connectivity index (χ3v) is 2.94. The van der Waals surface area contributed by atoms with Gasteiger partial charge in [-0.15, -0.1) is 0 Å². The molecule has 1 fully saturated rings. The normalized spacial score (nSPS) is 24.9. The van der Waals surface area contributed by atoms with E-state index in [4.69, 9.17) is 5.73 Å². The molecule has 1 saturated heterocycles. The van der Waals surface area contributed by atoms with Gasteiger partial charge in [-0.1, -0.05) is 20.8 Å². The van der Waals surface area contributed by atoms with Crippen LogP contribution in [0.25, 0.3) is 0 Å². The van der Waals surface area contributed by atoms with Gasteiger partial charge < -0.3 is 10.6 Å². The molecule has 0 spiro atoms. The highest BCUT2D eigenvalue weighted by Gasteiger charge is 2.20. The van der Waals surface area contributed by atoms with Crippen molar-refractivity contribution in [3.63, 3.8) is 0 Å². The van der Waals surface area contributed by atoms with Gasteiger partial charge in [0.2, 0.25) is 0 Å². The Morgan fingerprint density at radius 3 is 2.79 bits per heavy atom. The van der Waals surface area contributed by atoms with E-state index in [9.17, 15) is 0 Å². The van der Waals surface area contributed by atoms with Crippen LogP contribution in [0.5, 0.6) is 0 Å². The summed E-state index contributed by atoms with van der Waals surface area (Å²) < 4.78 is 0. The molecule has 0 aromatic carbocycles. The first-order valence-electron chi connectivity index (χ1n) is 5.65. The average molecular weight is 197 g/mol. The fraction of sp³-hybridized carbons (Fsp3) is 0.909. The van der Waals surface area contributed by atoms with E-state index < -0.39 is 0 Å². The third-order valence-electron chi connectivity index (χ3n) is 2.94. The van der Waals surface area contributed by atoms with Crippen LogP contribution in [0, 0.1) is 11.8 Å². The van der Waals surface area contributed by atoms with Gasteiger partial charge in [0.1, 0.15) is 0 Å². The van der Waals surface area contributed by atoms with Crippen molar-refractivity contribution in [2.45, 2.75) is 27.2 Å². The van der Waals surface area contributed by atoms with Crippen molar-refractivity contribution < 1.29 is 0 Å². The number of hydrogen-bond acceptors (Lipinski definition) is 2. The van der Waals surface area contributed by atoms with Crippen LogP contribution in [0.4, 0.5) is 0 Å². The van der Waals surface area contributed by atoms with E-state index in [0.29, 0.717) is 5.92 Å². The van der Waals surface area contributed by atoms with Crippen LogP contribution in [0.1, 0.15) is 27.2 Å². The van der Waals surface area contributed by atoms with E-state index in [1.807, 2.05) is 0 Å². The third kappa shape index (κ3) is 3.29. The highest BCUT2D eigenvalue weighted by Crippen LogP contribution is 2.15. The number of amidine groups is 1. The van der Waals surface area contributed by atoms with Gasteiger partial charge in [0.15, 0.2) is 0 Å². The minimum atomic E-state index is 0.388. The van der Waals surface area contributed by atoms with Crippen LogP contribution in [0.2, 0.25) is 0 Å². The predicted molar refractivity (Wildman–Crippen MR) is 61.5 cm³/mol. The zero-order valence-electron chi connectivity index (χ0n) is 9.66. The van der Waals surface area contributed by atoms with Gasteiger partial charge in [-0.25, -0.2) is 0 Å². The Bertz CT molecular complexity index is 199. The SMILES string of the molecule is CCN1CCC(CN=C(N)C(C)C)C1. The number of aliphatic imine (C=N–C) groups is 1. The Morgan fingerprint density at radius 1 is 1.57 bits per heavy atom. The van der Waals surface area contributed by atoms with Crippen molar-refractivity contribution in [1.82, 2.24) is 4.90 Å². The second kappa shape index (κ2) is 5.35. The highest BCUT2D eigenvalue weighted by molar-refractivity contribution is 5.82. The Labute approximate surface area is 87.4 Å². The van der Waals surface area contributed by atoms with Gasteiger partial charge in [-0.3, -0.25) is 4.99 Å². The number of nitrogens with two attached hydrogens (primary N) is 1. The first kappa shape index (κ1) is 11.5. The highest BCUT2D eigenvalue weighted by atomic mass is 15.1. The van der Waals surface area contributed by atoms with E-state index in [2.05, 4.69) is 30.7 Å². The van der Waals surface area contributed by atoms with Crippen molar-refractivity contribution in [1.29, 1.82) is 0 Å². The van der Waals surface area contributed by atoms with E-state index in [1.54, 1.807) is 0 Å². The molecule has 3 heteroatoms. The summed E-state index contributed by atoms with van der Waals surface area (Å²) in [6.45, 7) is 10.9. The first-order chi connectivity index (χ1) is 6.63. The molecule has 0 saturated carbocycles. The van der Waals surface area contributed by atoms with Gasteiger partial charge in [-0.05, 0) is 25.4 Å². The fourth-order valence-electron chi connectivity index (χ4n) is 1.77. The van der Waals surface area contributed by atoms with Crippen molar-refractivity contribution >= 4 is 5.84 Å². The topological polar surface area (TPSA) is 41.6 Å². The van der Waals surface area contributed by atoms with E-state index in [-0.39, 0.29) is 0 Å². The maximum atomic E-state index is 5.80. The van der Waals surface area contributed by atoms with Crippen molar-refractivity contribution in [2.75, 3.05) is 26.2 Å². The lowest BCUT2D eigenvalue weighted by Crippen LogP contribution is -2.22. The molecule has 2 N–H and O–H groups in total. The molecule has 0 aromatic rings. The number of nitrogens with zero attached hydrogens (tertiary/aromatic N) is 2. The molecule has 14 heavy (non-hydrogen) atoms. The summed E-state index contributed by atoms with van der Waals surface area (Å²) in [7, 11) is 0. The molecule has 1 unspecified atom stereocenters. The van der Waals surface area contributed by atoms with Crippen LogP contribution in [0.3, 0.4) is 0 Å². The molecule has 1 heterocycles. The summed E-state index contributed by atoms with van der Waals surface area (Å²) in [5, 5.41) is 0. The summed E-state index contributed by atoms with van der Waals surface area (Å²) in [6, 6.07) is 0. The smallest absolute Gasteiger partial charge is 0.0962 e. The molecule has 0 aromatic heterocycles. The predicted octanol–water partition coefficient (Wildman–Crippen LogP) is 1.34. The molecule has 0 radical (unpaired) electrons. The molecule has 0 bridgehead atoms. The standard InChI is InChI=1S/C11H23N3/c1-4-14-6-5-10(8-14)7-13-11(12)9(2)3/h9-10H,4-8H2,1-3H3,(H2,12,13). The summed E-state index contributed by atoms with van der Waals surface area (Å²) in [5.41, 5.74) is 5.80. The average Bonchev–Trinajstić information content (AvgIpc) is 2.61. The van der Waals surface area contributed by atoms with Crippen LogP contribution >= 0.6 is 0 Å². The Balaban J connectivity index is 2.29. The van der Waals surface area contributed by atoms with E-state index in [0.717, 1.165) is 18.3 Å². The maximum Gasteiger partial charge on any atom is 0.0962 e. The fourth-order valence-corrected chi connectivity index (χ4v) is 1.77. The van der Waals surface area contributed by atoms with Crippen LogP contribution < -0.4 is 5.73 Å². The van der Waals surface area contributed by atoms with Crippen LogP contribution in [0.15, 0.2) is 4.99 Å². The first-order valence-corrected chi connectivity index (χ1v) is 5.65. The van der Waals surface area contributed by atoms with Gasteiger partial charge in [-0.2, -0.15) is 0 Å². The van der Waals surface area contributed by atoms with E-state index >= 15 is 0 Å². The molecular formula is C11H23N3. The minimum absolute atomic E-state index is 0.388. The van der Waals surface area contributed by atoms with Gasteiger partial charge in [0.05, 0.1) is 5.84 Å². The molecule has 1 aliphatic heterocycles. The van der Waals surface area contributed by atoms with Crippen LogP contribution in [-0.2, 0) is 0 Å². The largest absolute Gasteiger partial charge is 0.387 e. The molecule has 82 valence electrons. The molecule has 0 amide bonds. The zero-order chi connectivity index (χ0) is 10.6. The van der Waals surface area contributed by atoms with Gasteiger partial charge in [0, 0.05) is 19.0 Å². The Kier molecular flexibility index (Phi) is 4.39. The van der Waals surface area contributed by atoms with Gasteiger partial charge >= 0.3 is 0 Å². The Hall–Kier alpha value is -0.570. The van der Waals surface area contributed by atoms with Crippen LogP contribution in [-0.4, -0.2) is 36.9 Å². The number of hydrogen-bond donors (Lipinski definition) is 1. The van der Waals surface area contributed by atoms with E-state index in [1.165, 1.54) is 26.1 Å². The summed E-state index contributed by atoms with van der Waals surface area (Å²) in [4.78, 5) is 6.92. The quantitative estimate of drug-likeness (QED) is 0.546. The summed E-state index contributed by atoms with van der Waals surface area (Å²) in [5.74, 6) is 1.92.